The quantitative estimate of drug-likeness (QED) is 0.277. The van der Waals surface area contributed by atoms with E-state index in [-0.39, 0.29) is 5.56 Å². The molecule has 0 atom stereocenters. The highest BCUT2D eigenvalue weighted by molar-refractivity contribution is 5.95. The Hall–Kier alpha value is -3.64. The van der Waals surface area contributed by atoms with Crippen LogP contribution in [0, 0.1) is 0 Å². The molecule has 4 aromatic rings. The number of unbranched alkanes of at least 4 members (excludes halogenated alkanes) is 1. The molecule has 5 rings (SSSR count). The Balaban J connectivity index is 1.50. The molecule has 6 nitrogen and oxygen atoms in total. The molecule has 3 N–H and O–H groups in total. The fourth-order valence-electron chi connectivity index (χ4n) is 4.70. The average molecular weight is 469 g/mol. The average Bonchev–Trinajstić information content (AvgIpc) is 2.90. The zero-order chi connectivity index (χ0) is 24.0. The van der Waals surface area contributed by atoms with Gasteiger partial charge in [-0.15, -0.1) is 0 Å². The number of hydrogen-bond acceptors (Lipinski definition) is 5. The number of pyridine rings is 2. The molecule has 0 aliphatic carbocycles. The number of piperidine rings is 1. The van der Waals surface area contributed by atoms with Crippen molar-refractivity contribution in [1.29, 1.82) is 0 Å². The van der Waals surface area contributed by atoms with E-state index < -0.39 is 0 Å². The van der Waals surface area contributed by atoms with Crippen LogP contribution in [0.25, 0.3) is 22.0 Å². The van der Waals surface area contributed by atoms with Crippen LogP contribution in [0.4, 0.5) is 11.5 Å². The van der Waals surface area contributed by atoms with E-state index in [1.54, 1.807) is 6.20 Å². The van der Waals surface area contributed by atoms with Gasteiger partial charge in [-0.05, 0) is 85.6 Å². The molecule has 6 heteroatoms. The molecule has 2 aromatic heterocycles. The molecule has 0 radical (unpaired) electrons. The number of H-pyrrole nitrogens is 1. The molecule has 0 amide bonds. The zero-order valence-electron chi connectivity index (χ0n) is 20.1. The molecule has 3 heterocycles. The summed E-state index contributed by atoms with van der Waals surface area (Å²) in [4.78, 5) is 20.5. The smallest absolute Gasteiger partial charge is 0.259 e. The SMILES string of the molecule is CCCCOc1ccccc1-c1cc2cc[nH]c(=O)c2c(Nc2ccc(C3CCNCC3)cc2)n1. The summed E-state index contributed by atoms with van der Waals surface area (Å²) >= 11 is 0. The minimum absolute atomic E-state index is 0.164. The maximum Gasteiger partial charge on any atom is 0.259 e. The zero-order valence-corrected chi connectivity index (χ0v) is 20.1. The molecule has 0 saturated carbocycles. The van der Waals surface area contributed by atoms with Gasteiger partial charge in [-0.1, -0.05) is 37.6 Å². The fraction of sp³-hybridized carbons (Fsp3) is 0.310. The number of ether oxygens (including phenoxy) is 1. The van der Waals surface area contributed by atoms with Crippen LogP contribution in [0.5, 0.6) is 5.75 Å². The number of hydrogen-bond donors (Lipinski definition) is 3. The largest absolute Gasteiger partial charge is 0.493 e. The number of nitrogens with one attached hydrogen (secondary N) is 3. The first-order valence-electron chi connectivity index (χ1n) is 12.6. The first kappa shape index (κ1) is 23.1. The van der Waals surface area contributed by atoms with Gasteiger partial charge in [0.15, 0.2) is 0 Å². The number of anilines is 2. The molecule has 180 valence electrons. The van der Waals surface area contributed by atoms with Gasteiger partial charge in [0.25, 0.3) is 5.56 Å². The summed E-state index contributed by atoms with van der Waals surface area (Å²) in [5.41, 5.74) is 3.78. The number of benzene rings is 2. The van der Waals surface area contributed by atoms with Crippen molar-refractivity contribution in [2.24, 2.45) is 0 Å². The summed E-state index contributed by atoms with van der Waals surface area (Å²) in [6, 6.07) is 20.3. The standard InChI is InChI=1S/C29H32N4O2/c1-2-3-18-35-26-7-5-4-6-24(26)25-19-22-14-17-31-29(34)27(22)28(33-25)32-23-10-8-20(9-11-23)21-12-15-30-16-13-21/h4-11,14,17,19,21,30H,2-3,12-13,15-16,18H2,1H3,(H,31,34)(H,32,33). The van der Waals surface area contributed by atoms with Gasteiger partial charge in [0.05, 0.1) is 17.7 Å². The third kappa shape index (κ3) is 5.23. The highest BCUT2D eigenvalue weighted by Crippen LogP contribution is 2.33. The highest BCUT2D eigenvalue weighted by Gasteiger charge is 2.16. The number of para-hydroxylation sites is 1. The molecular weight excluding hydrogens is 436 g/mol. The lowest BCUT2D eigenvalue weighted by atomic mass is 9.90. The van der Waals surface area contributed by atoms with Crippen molar-refractivity contribution in [1.82, 2.24) is 15.3 Å². The predicted octanol–water partition coefficient (Wildman–Crippen LogP) is 5.98. The van der Waals surface area contributed by atoms with E-state index in [4.69, 9.17) is 9.72 Å². The van der Waals surface area contributed by atoms with E-state index >= 15 is 0 Å². The molecule has 0 unspecified atom stereocenters. The normalized spacial score (nSPS) is 14.2. The summed E-state index contributed by atoms with van der Waals surface area (Å²) in [6.07, 6.45) is 6.07. The molecule has 0 spiro atoms. The molecule has 1 aliphatic rings. The Labute approximate surface area is 205 Å². The van der Waals surface area contributed by atoms with Crippen LogP contribution in [-0.2, 0) is 0 Å². The van der Waals surface area contributed by atoms with Gasteiger partial charge in [0.2, 0.25) is 0 Å². The van der Waals surface area contributed by atoms with Crippen molar-refractivity contribution >= 4 is 22.3 Å². The first-order chi connectivity index (χ1) is 17.2. The summed E-state index contributed by atoms with van der Waals surface area (Å²) in [7, 11) is 0. The third-order valence-corrected chi connectivity index (χ3v) is 6.66. The topological polar surface area (TPSA) is 79.0 Å². The lowest BCUT2D eigenvalue weighted by molar-refractivity contribution is 0.310. The van der Waals surface area contributed by atoms with E-state index in [0.29, 0.717) is 23.7 Å². The van der Waals surface area contributed by atoms with Crippen LogP contribution < -0.4 is 20.9 Å². The van der Waals surface area contributed by atoms with Crippen LogP contribution in [0.2, 0.25) is 0 Å². The van der Waals surface area contributed by atoms with Crippen molar-refractivity contribution in [3.63, 3.8) is 0 Å². The van der Waals surface area contributed by atoms with Crippen LogP contribution in [0.3, 0.4) is 0 Å². The van der Waals surface area contributed by atoms with Gasteiger partial charge in [-0.25, -0.2) is 4.98 Å². The monoisotopic (exact) mass is 468 g/mol. The second kappa shape index (κ2) is 10.7. The van der Waals surface area contributed by atoms with Crippen LogP contribution in [-0.4, -0.2) is 29.7 Å². The van der Waals surface area contributed by atoms with Crippen molar-refractivity contribution in [2.45, 2.75) is 38.5 Å². The van der Waals surface area contributed by atoms with E-state index in [0.717, 1.165) is 66.9 Å². The summed E-state index contributed by atoms with van der Waals surface area (Å²) in [5.74, 6) is 1.94. The van der Waals surface area contributed by atoms with Crippen molar-refractivity contribution in [3.8, 4) is 17.0 Å². The van der Waals surface area contributed by atoms with Gasteiger partial charge >= 0.3 is 0 Å². The second-order valence-corrected chi connectivity index (χ2v) is 9.10. The maximum absolute atomic E-state index is 12.8. The number of nitrogens with zero attached hydrogens (tertiary/aromatic N) is 1. The number of aromatic nitrogens is 2. The van der Waals surface area contributed by atoms with Crippen LogP contribution >= 0.6 is 0 Å². The Kier molecular flexibility index (Phi) is 7.09. The summed E-state index contributed by atoms with van der Waals surface area (Å²) in [6.45, 7) is 4.95. The Bertz CT molecular complexity index is 1340. The molecule has 35 heavy (non-hydrogen) atoms. The molecular formula is C29H32N4O2. The van der Waals surface area contributed by atoms with E-state index in [1.165, 1.54) is 5.56 Å². The van der Waals surface area contributed by atoms with Crippen LogP contribution in [0.1, 0.15) is 44.1 Å². The van der Waals surface area contributed by atoms with Crippen molar-refractivity contribution < 1.29 is 4.74 Å². The minimum Gasteiger partial charge on any atom is -0.493 e. The van der Waals surface area contributed by atoms with E-state index in [9.17, 15) is 4.79 Å². The highest BCUT2D eigenvalue weighted by atomic mass is 16.5. The van der Waals surface area contributed by atoms with Gasteiger partial charge in [-0.3, -0.25) is 4.79 Å². The maximum atomic E-state index is 12.8. The second-order valence-electron chi connectivity index (χ2n) is 9.10. The lowest BCUT2D eigenvalue weighted by Gasteiger charge is -2.23. The fourth-order valence-corrected chi connectivity index (χ4v) is 4.70. The van der Waals surface area contributed by atoms with Crippen molar-refractivity contribution in [3.05, 3.63) is 82.8 Å². The van der Waals surface area contributed by atoms with E-state index in [1.807, 2.05) is 36.4 Å². The van der Waals surface area contributed by atoms with Gasteiger partial charge in [0, 0.05) is 17.4 Å². The lowest BCUT2D eigenvalue weighted by Crippen LogP contribution is -2.26. The number of aromatic amines is 1. The molecule has 0 bridgehead atoms. The van der Waals surface area contributed by atoms with Gasteiger partial charge < -0.3 is 20.4 Å². The summed E-state index contributed by atoms with van der Waals surface area (Å²) < 4.78 is 6.06. The molecule has 1 fully saturated rings. The molecule has 1 aliphatic heterocycles. The van der Waals surface area contributed by atoms with Crippen molar-refractivity contribution in [2.75, 3.05) is 25.0 Å². The van der Waals surface area contributed by atoms with Crippen LogP contribution in [0.15, 0.2) is 71.7 Å². The first-order valence-corrected chi connectivity index (χ1v) is 12.6. The predicted molar refractivity (Wildman–Crippen MR) is 143 cm³/mol. The minimum atomic E-state index is -0.164. The summed E-state index contributed by atoms with van der Waals surface area (Å²) in [5, 5.41) is 8.22. The number of rotatable bonds is 8. The Morgan fingerprint density at radius 3 is 2.66 bits per heavy atom. The van der Waals surface area contributed by atoms with E-state index in [2.05, 4.69) is 46.8 Å². The van der Waals surface area contributed by atoms with Gasteiger partial charge in [0.1, 0.15) is 11.6 Å². The van der Waals surface area contributed by atoms with Gasteiger partial charge in [-0.2, -0.15) is 0 Å². The Morgan fingerprint density at radius 2 is 1.86 bits per heavy atom. The molecule has 2 aromatic carbocycles. The number of fused-ring (bicyclic) bond motifs is 1. The Morgan fingerprint density at radius 1 is 1.06 bits per heavy atom. The third-order valence-electron chi connectivity index (χ3n) is 6.66. The molecule has 1 saturated heterocycles.